The number of benzene rings is 1. The molecule has 2 amide bonds. The number of carbonyl (C=O) groups is 1. The zero-order valence-electron chi connectivity index (χ0n) is 14.5. The van der Waals surface area contributed by atoms with Gasteiger partial charge in [-0.1, -0.05) is 30.3 Å². The number of nitrogens with zero attached hydrogens (tertiary/aromatic N) is 3. The van der Waals surface area contributed by atoms with Crippen molar-refractivity contribution >= 4 is 11.7 Å². The summed E-state index contributed by atoms with van der Waals surface area (Å²) < 4.78 is 7.26. The summed E-state index contributed by atoms with van der Waals surface area (Å²) in [7, 11) is 1.56. The Morgan fingerprint density at radius 2 is 1.96 bits per heavy atom. The molecule has 3 heterocycles. The summed E-state index contributed by atoms with van der Waals surface area (Å²) in [5.41, 5.74) is 2.85. The van der Waals surface area contributed by atoms with E-state index < -0.39 is 0 Å². The fraction of sp³-hybridized carbons (Fsp3) is 0.200. The molecular weight excluding hydrogens is 328 g/mol. The molecule has 132 valence electrons. The highest BCUT2D eigenvalue weighted by atomic mass is 16.5. The van der Waals surface area contributed by atoms with Crippen molar-refractivity contribution in [2.24, 2.45) is 0 Å². The first-order valence-corrected chi connectivity index (χ1v) is 8.54. The predicted molar refractivity (Wildman–Crippen MR) is 99.2 cm³/mol. The molecule has 0 saturated heterocycles. The van der Waals surface area contributed by atoms with Crippen LogP contribution in [0, 0.1) is 0 Å². The lowest BCUT2D eigenvalue weighted by molar-refractivity contribution is 0.182. The van der Waals surface area contributed by atoms with Gasteiger partial charge in [0.1, 0.15) is 0 Å². The smallest absolute Gasteiger partial charge is 0.322 e. The van der Waals surface area contributed by atoms with E-state index in [-0.39, 0.29) is 12.1 Å². The molecular formula is C20H20N4O2. The van der Waals surface area contributed by atoms with Crippen LogP contribution in [0.4, 0.5) is 10.5 Å². The largest absolute Gasteiger partial charge is 0.481 e. The van der Waals surface area contributed by atoms with Crippen molar-refractivity contribution in [3.05, 3.63) is 78.2 Å². The minimum Gasteiger partial charge on any atom is -0.481 e. The van der Waals surface area contributed by atoms with Gasteiger partial charge < -0.3 is 19.5 Å². The lowest BCUT2D eigenvalue weighted by atomic mass is 10.0. The maximum atomic E-state index is 13.0. The number of carbonyl (C=O) groups excluding carboxylic acids is 1. The normalized spacial score (nSPS) is 16.0. The summed E-state index contributed by atoms with van der Waals surface area (Å²) in [6, 6.07) is 17.5. The Labute approximate surface area is 152 Å². The molecule has 6 nitrogen and oxygen atoms in total. The van der Waals surface area contributed by atoms with Crippen molar-refractivity contribution in [3.8, 4) is 5.88 Å². The standard InChI is InChI=1S/C20H20N4O2/c1-26-18-10-9-16(14-21-18)22-20(25)24-13-12-23-11-5-8-17(23)19(24)15-6-3-2-4-7-15/h2-11,14,19H,12-13H2,1H3,(H,22,25)/t19-/m0/s1. The Balaban J connectivity index is 1.62. The third-order valence-electron chi connectivity index (χ3n) is 4.61. The van der Waals surface area contributed by atoms with E-state index in [9.17, 15) is 4.79 Å². The molecule has 2 aromatic heterocycles. The lowest BCUT2D eigenvalue weighted by Crippen LogP contribution is -2.44. The van der Waals surface area contributed by atoms with Crippen molar-refractivity contribution in [1.82, 2.24) is 14.5 Å². The summed E-state index contributed by atoms with van der Waals surface area (Å²) in [6.07, 6.45) is 3.66. The third kappa shape index (κ3) is 3.01. The van der Waals surface area contributed by atoms with Crippen molar-refractivity contribution in [2.45, 2.75) is 12.6 Å². The van der Waals surface area contributed by atoms with E-state index >= 15 is 0 Å². The number of anilines is 1. The average molecular weight is 348 g/mol. The van der Waals surface area contributed by atoms with Crippen LogP contribution in [0.5, 0.6) is 5.88 Å². The minimum absolute atomic E-state index is 0.119. The van der Waals surface area contributed by atoms with Crippen LogP contribution < -0.4 is 10.1 Å². The van der Waals surface area contributed by atoms with Gasteiger partial charge >= 0.3 is 6.03 Å². The number of hydrogen-bond acceptors (Lipinski definition) is 3. The van der Waals surface area contributed by atoms with Crippen LogP contribution >= 0.6 is 0 Å². The monoisotopic (exact) mass is 348 g/mol. The predicted octanol–water partition coefficient (Wildman–Crippen LogP) is 3.53. The van der Waals surface area contributed by atoms with Gasteiger partial charge in [-0.25, -0.2) is 9.78 Å². The maximum Gasteiger partial charge on any atom is 0.322 e. The number of rotatable bonds is 3. The molecule has 0 fully saturated rings. The third-order valence-corrected chi connectivity index (χ3v) is 4.61. The summed E-state index contributed by atoms with van der Waals surface area (Å²) in [6.45, 7) is 1.41. The Hall–Kier alpha value is -3.28. The number of methoxy groups -OCH3 is 1. The van der Waals surface area contributed by atoms with Crippen LogP contribution in [-0.4, -0.2) is 34.1 Å². The quantitative estimate of drug-likeness (QED) is 0.788. The minimum atomic E-state index is -0.140. The van der Waals surface area contributed by atoms with Gasteiger partial charge in [-0.15, -0.1) is 0 Å². The number of nitrogens with one attached hydrogen (secondary N) is 1. The molecule has 0 radical (unpaired) electrons. The Kier molecular flexibility index (Phi) is 4.31. The first-order chi connectivity index (χ1) is 12.8. The summed E-state index contributed by atoms with van der Waals surface area (Å²) in [4.78, 5) is 19.0. The zero-order chi connectivity index (χ0) is 17.9. The first kappa shape index (κ1) is 16.2. The molecule has 1 atom stereocenters. The lowest BCUT2D eigenvalue weighted by Gasteiger charge is -2.37. The number of hydrogen-bond donors (Lipinski definition) is 1. The van der Waals surface area contributed by atoms with Crippen LogP contribution in [0.15, 0.2) is 67.0 Å². The molecule has 1 aliphatic heterocycles. The van der Waals surface area contributed by atoms with E-state index in [1.54, 1.807) is 25.4 Å². The van der Waals surface area contributed by atoms with Crippen LogP contribution in [0.25, 0.3) is 0 Å². The Morgan fingerprint density at radius 1 is 1.12 bits per heavy atom. The van der Waals surface area contributed by atoms with Gasteiger partial charge in [-0.05, 0) is 23.8 Å². The van der Waals surface area contributed by atoms with Crippen molar-refractivity contribution in [3.63, 3.8) is 0 Å². The van der Waals surface area contributed by atoms with E-state index in [0.717, 1.165) is 17.8 Å². The van der Waals surface area contributed by atoms with Gasteiger partial charge in [0.2, 0.25) is 5.88 Å². The van der Waals surface area contributed by atoms with Crippen LogP contribution in [0.1, 0.15) is 17.3 Å². The number of ether oxygens (including phenoxy) is 1. The first-order valence-electron chi connectivity index (χ1n) is 8.54. The molecule has 0 unspecified atom stereocenters. The van der Waals surface area contributed by atoms with E-state index in [1.807, 2.05) is 29.2 Å². The van der Waals surface area contributed by atoms with Gasteiger partial charge in [0.25, 0.3) is 0 Å². The van der Waals surface area contributed by atoms with Gasteiger partial charge in [0.05, 0.1) is 25.0 Å². The highest BCUT2D eigenvalue weighted by Gasteiger charge is 2.32. The second-order valence-electron chi connectivity index (χ2n) is 6.15. The molecule has 0 saturated carbocycles. The molecule has 0 bridgehead atoms. The molecule has 0 spiro atoms. The number of fused-ring (bicyclic) bond motifs is 1. The fourth-order valence-corrected chi connectivity index (χ4v) is 3.36. The second-order valence-corrected chi connectivity index (χ2v) is 6.15. The molecule has 4 rings (SSSR count). The average Bonchev–Trinajstić information content (AvgIpc) is 3.17. The Bertz CT molecular complexity index is 890. The molecule has 0 aliphatic carbocycles. The highest BCUT2D eigenvalue weighted by molar-refractivity contribution is 5.89. The zero-order valence-corrected chi connectivity index (χ0v) is 14.5. The molecule has 3 aromatic rings. The SMILES string of the molecule is COc1ccc(NC(=O)N2CCn3cccc3[C@@H]2c2ccccc2)cn1. The van der Waals surface area contributed by atoms with Gasteiger partial charge in [-0.2, -0.15) is 0 Å². The van der Waals surface area contributed by atoms with Gasteiger partial charge in [-0.3, -0.25) is 0 Å². The molecule has 1 N–H and O–H groups in total. The van der Waals surface area contributed by atoms with Gasteiger partial charge in [0.15, 0.2) is 0 Å². The highest BCUT2D eigenvalue weighted by Crippen LogP contribution is 2.32. The van der Waals surface area contributed by atoms with Crippen LogP contribution in [0.3, 0.4) is 0 Å². The number of urea groups is 1. The van der Waals surface area contributed by atoms with E-state index in [4.69, 9.17) is 4.74 Å². The van der Waals surface area contributed by atoms with Crippen LogP contribution in [-0.2, 0) is 6.54 Å². The fourth-order valence-electron chi connectivity index (χ4n) is 3.36. The van der Waals surface area contributed by atoms with Crippen LogP contribution in [0.2, 0.25) is 0 Å². The maximum absolute atomic E-state index is 13.0. The summed E-state index contributed by atoms with van der Waals surface area (Å²) in [5.74, 6) is 0.515. The Morgan fingerprint density at radius 3 is 2.69 bits per heavy atom. The summed E-state index contributed by atoms with van der Waals surface area (Å²) in [5, 5.41) is 2.95. The van der Waals surface area contributed by atoms with Crippen molar-refractivity contribution in [2.75, 3.05) is 19.0 Å². The molecule has 1 aromatic carbocycles. The van der Waals surface area contributed by atoms with E-state index in [1.165, 1.54) is 0 Å². The molecule has 1 aliphatic rings. The summed E-state index contributed by atoms with van der Waals surface area (Å²) >= 11 is 0. The second kappa shape index (κ2) is 6.92. The number of pyridine rings is 1. The van der Waals surface area contributed by atoms with Gasteiger partial charge in [0, 0.05) is 31.0 Å². The molecule has 6 heteroatoms. The van der Waals surface area contributed by atoms with Crippen molar-refractivity contribution in [1.29, 1.82) is 0 Å². The van der Waals surface area contributed by atoms with E-state index in [2.05, 4.69) is 39.3 Å². The topological polar surface area (TPSA) is 59.4 Å². The van der Waals surface area contributed by atoms with Crippen molar-refractivity contribution < 1.29 is 9.53 Å². The van der Waals surface area contributed by atoms with E-state index in [0.29, 0.717) is 18.1 Å². The molecule has 26 heavy (non-hydrogen) atoms. The number of aromatic nitrogens is 2. The number of amides is 2.